The van der Waals surface area contributed by atoms with Gasteiger partial charge in [-0.2, -0.15) is 0 Å². The van der Waals surface area contributed by atoms with E-state index in [-0.39, 0.29) is 4.90 Å². The van der Waals surface area contributed by atoms with Crippen LogP contribution in [0, 0.1) is 0 Å². The largest absolute Gasteiger partial charge is 0.322 e. The summed E-state index contributed by atoms with van der Waals surface area (Å²) in [5, 5.41) is 2.70. The van der Waals surface area contributed by atoms with Crippen LogP contribution in [0.3, 0.4) is 0 Å². The molecular weight excluding hydrogens is 440 g/mol. The van der Waals surface area contributed by atoms with Gasteiger partial charge in [-0.25, -0.2) is 16.8 Å². The van der Waals surface area contributed by atoms with Crippen LogP contribution < -0.4 is 14.3 Å². The number of rotatable bonds is 5. The van der Waals surface area contributed by atoms with E-state index in [2.05, 4.69) is 15.0 Å². The average molecular weight is 463 g/mol. The van der Waals surface area contributed by atoms with Gasteiger partial charge >= 0.3 is 0 Å². The number of anilines is 2. The molecule has 11 heteroatoms. The summed E-state index contributed by atoms with van der Waals surface area (Å²) in [5.74, 6) is 0.0268. The number of aliphatic imine (C=N–C) groups is 1. The zero-order valence-electron chi connectivity index (χ0n) is 16.8. The minimum Gasteiger partial charge on any atom is -0.322 e. The quantitative estimate of drug-likeness (QED) is 0.700. The lowest BCUT2D eigenvalue weighted by Gasteiger charge is -2.16. The lowest BCUT2D eigenvalue weighted by molar-refractivity contribution is 0.102. The van der Waals surface area contributed by atoms with E-state index in [1.165, 1.54) is 16.4 Å². The van der Waals surface area contributed by atoms with E-state index >= 15 is 0 Å². The summed E-state index contributed by atoms with van der Waals surface area (Å²) in [6.45, 7) is 0.952. The molecule has 1 amide bonds. The number of carbonyl (C=O) groups is 1. The van der Waals surface area contributed by atoms with Gasteiger partial charge in [0.25, 0.3) is 15.9 Å². The topological polar surface area (TPSA) is 125 Å². The number of amidine groups is 1. The number of nitrogens with zero attached hydrogens (tertiary/aromatic N) is 2. The molecule has 0 atom stereocenters. The van der Waals surface area contributed by atoms with E-state index in [1.807, 2.05) is 0 Å². The summed E-state index contributed by atoms with van der Waals surface area (Å²) >= 11 is 0. The highest BCUT2D eigenvalue weighted by atomic mass is 32.2. The van der Waals surface area contributed by atoms with Crippen molar-refractivity contribution in [2.45, 2.75) is 24.2 Å². The maximum Gasteiger partial charge on any atom is 0.262 e. The lowest BCUT2D eigenvalue weighted by atomic mass is 10.1. The zero-order valence-corrected chi connectivity index (χ0v) is 18.5. The van der Waals surface area contributed by atoms with Crippen LogP contribution in [0.25, 0.3) is 0 Å². The monoisotopic (exact) mass is 462 g/mol. The van der Waals surface area contributed by atoms with Crippen LogP contribution in [0.15, 0.2) is 52.4 Å². The average Bonchev–Trinajstić information content (AvgIpc) is 3.36. The molecule has 4 rings (SSSR count). The van der Waals surface area contributed by atoms with Crippen molar-refractivity contribution in [3.63, 3.8) is 0 Å². The zero-order chi connectivity index (χ0) is 22.2. The Morgan fingerprint density at radius 3 is 2.58 bits per heavy atom. The molecule has 31 heavy (non-hydrogen) atoms. The van der Waals surface area contributed by atoms with Gasteiger partial charge in [-0.3, -0.25) is 18.8 Å². The number of hydrogen-bond donors (Lipinski definition) is 2. The molecule has 9 nitrogen and oxygen atoms in total. The fraction of sp³-hybridized carbons (Fsp3) is 0.300. The SMILES string of the molecule is CS(=O)(=O)N1CCc2cc(C(=O)Nc3cccc(S(=O)(=O)NC4=NCCC4)c3)ccc21. The summed E-state index contributed by atoms with van der Waals surface area (Å²) in [4.78, 5) is 16.9. The fourth-order valence-corrected chi connectivity index (χ4v) is 5.73. The molecule has 2 N–H and O–H groups in total. The summed E-state index contributed by atoms with van der Waals surface area (Å²) in [6.07, 6.45) is 3.08. The highest BCUT2D eigenvalue weighted by molar-refractivity contribution is 7.92. The summed E-state index contributed by atoms with van der Waals surface area (Å²) < 4.78 is 52.7. The van der Waals surface area contributed by atoms with Crippen LogP contribution in [0.5, 0.6) is 0 Å². The molecule has 164 valence electrons. The van der Waals surface area contributed by atoms with Gasteiger partial charge in [-0.1, -0.05) is 6.07 Å². The third kappa shape index (κ3) is 4.57. The molecule has 0 fully saturated rings. The first kappa shape index (κ1) is 21.3. The number of hydrogen-bond acceptors (Lipinski definition) is 6. The smallest absolute Gasteiger partial charge is 0.262 e. The predicted octanol–water partition coefficient (Wildman–Crippen LogP) is 1.73. The van der Waals surface area contributed by atoms with E-state index in [9.17, 15) is 21.6 Å². The number of nitrogens with one attached hydrogen (secondary N) is 2. The van der Waals surface area contributed by atoms with Crippen molar-refractivity contribution in [3.8, 4) is 0 Å². The molecule has 2 aliphatic rings. The maximum absolute atomic E-state index is 12.7. The Bertz CT molecular complexity index is 1290. The van der Waals surface area contributed by atoms with E-state index in [1.54, 1.807) is 30.3 Å². The first-order valence-corrected chi connectivity index (χ1v) is 13.0. The van der Waals surface area contributed by atoms with Gasteiger partial charge in [-0.15, -0.1) is 0 Å². The molecule has 2 aliphatic heterocycles. The van der Waals surface area contributed by atoms with Gasteiger partial charge in [-0.05, 0) is 54.8 Å². The van der Waals surface area contributed by atoms with Crippen LogP contribution in [0.4, 0.5) is 11.4 Å². The second-order valence-electron chi connectivity index (χ2n) is 7.45. The van der Waals surface area contributed by atoms with Crippen LogP contribution >= 0.6 is 0 Å². The highest BCUT2D eigenvalue weighted by Gasteiger charge is 2.27. The van der Waals surface area contributed by atoms with Crippen LogP contribution in [0.1, 0.15) is 28.8 Å². The molecule has 0 unspecified atom stereocenters. The summed E-state index contributed by atoms with van der Waals surface area (Å²) in [7, 11) is -7.15. The molecule has 0 aromatic heterocycles. The molecule has 2 aromatic carbocycles. The maximum atomic E-state index is 12.7. The highest BCUT2D eigenvalue weighted by Crippen LogP contribution is 2.31. The standard InChI is InChI=1S/C20H22N4O5S2/c1-30(26,27)24-11-9-14-12-15(7-8-18(14)24)20(25)22-16-4-2-5-17(13-16)31(28,29)23-19-6-3-10-21-19/h2,4-5,7-8,12-13H,3,6,9-11H2,1H3,(H,21,23)(H,22,25). The van der Waals surface area contributed by atoms with Crippen LogP contribution in [-0.4, -0.2) is 47.9 Å². The third-order valence-electron chi connectivity index (χ3n) is 5.12. The molecular formula is C20H22N4O5S2. The fourth-order valence-electron chi connectivity index (χ4n) is 3.64. The molecule has 0 radical (unpaired) electrons. The molecule has 0 bridgehead atoms. The van der Waals surface area contributed by atoms with Gasteiger partial charge in [0.1, 0.15) is 5.84 Å². The predicted molar refractivity (Wildman–Crippen MR) is 119 cm³/mol. The number of sulfonamides is 2. The van der Waals surface area contributed by atoms with E-state index in [0.29, 0.717) is 48.7 Å². The minimum atomic E-state index is -3.79. The molecule has 0 saturated carbocycles. The molecule has 2 heterocycles. The van der Waals surface area contributed by atoms with E-state index < -0.39 is 26.0 Å². The van der Waals surface area contributed by atoms with Crippen molar-refractivity contribution in [1.82, 2.24) is 4.72 Å². The molecule has 0 aliphatic carbocycles. The normalized spacial score (nSPS) is 16.0. The first-order valence-electron chi connectivity index (χ1n) is 9.72. The van der Waals surface area contributed by atoms with Crippen molar-refractivity contribution in [3.05, 3.63) is 53.6 Å². The van der Waals surface area contributed by atoms with Gasteiger partial charge in [0.2, 0.25) is 10.0 Å². The summed E-state index contributed by atoms with van der Waals surface area (Å²) in [6, 6.07) is 10.8. The second kappa shape index (κ2) is 7.97. The Hall–Kier alpha value is -2.92. The van der Waals surface area contributed by atoms with E-state index in [0.717, 1.165) is 18.2 Å². The number of amides is 1. The Labute approximate surface area is 181 Å². The van der Waals surface area contributed by atoms with Gasteiger partial charge in [0.15, 0.2) is 0 Å². The van der Waals surface area contributed by atoms with Crippen molar-refractivity contribution < 1.29 is 21.6 Å². The molecule has 0 spiro atoms. The molecule has 0 saturated heterocycles. The van der Waals surface area contributed by atoms with Crippen LogP contribution in [0.2, 0.25) is 0 Å². The Morgan fingerprint density at radius 2 is 1.87 bits per heavy atom. The first-order chi connectivity index (χ1) is 14.6. The van der Waals surface area contributed by atoms with Crippen molar-refractivity contribution in [2.75, 3.05) is 29.0 Å². The van der Waals surface area contributed by atoms with Crippen molar-refractivity contribution in [2.24, 2.45) is 4.99 Å². The van der Waals surface area contributed by atoms with Crippen molar-refractivity contribution >= 4 is 43.2 Å². The summed E-state index contributed by atoms with van der Waals surface area (Å²) in [5.41, 5.74) is 2.05. The van der Waals surface area contributed by atoms with Crippen molar-refractivity contribution in [1.29, 1.82) is 0 Å². The number of benzene rings is 2. The van der Waals surface area contributed by atoms with Gasteiger partial charge in [0, 0.05) is 30.8 Å². The Morgan fingerprint density at radius 1 is 1.06 bits per heavy atom. The minimum absolute atomic E-state index is 0.0256. The lowest BCUT2D eigenvalue weighted by Crippen LogP contribution is -2.29. The van der Waals surface area contributed by atoms with Crippen LogP contribution in [-0.2, 0) is 26.5 Å². The third-order valence-corrected chi connectivity index (χ3v) is 7.68. The Kier molecular flexibility index (Phi) is 5.48. The second-order valence-corrected chi connectivity index (χ2v) is 11.0. The number of carbonyl (C=O) groups excluding carboxylic acids is 1. The van der Waals surface area contributed by atoms with Gasteiger partial charge < -0.3 is 5.32 Å². The van der Waals surface area contributed by atoms with E-state index in [4.69, 9.17) is 0 Å². The Balaban J connectivity index is 1.51. The van der Waals surface area contributed by atoms with Gasteiger partial charge in [0.05, 0.1) is 16.8 Å². The molecule has 2 aromatic rings. The number of fused-ring (bicyclic) bond motifs is 1.